The van der Waals surface area contributed by atoms with E-state index in [-0.39, 0.29) is 5.57 Å². The van der Waals surface area contributed by atoms with Gasteiger partial charge in [0.05, 0.1) is 24.0 Å². The minimum absolute atomic E-state index is 0.172. The highest BCUT2D eigenvalue weighted by molar-refractivity contribution is 6.31. The van der Waals surface area contributed by atoms with E-state index in [2.05, 4.69) is 10.6 Å². The number of hydrogen-bond acceptors (Lipinski definition) is 5. The van der Waals surface area contributed by atoms with Gasteiger partial charge in [0, 0.05) is 11.2 Å². The summed E-state index contributed by atoms with van der Waals surface area (Å²) in [6.45, 7) is 0. The molecule has 0 spiro atoms. The summed E-state index contributed by atoms with van der Waals surface area (Å²) < 4.78 is 5.18. The van der Waals surface area contributed by atoms with E-state index in [4.69, 9.17) is 21.6 Å². The minimum Gasteiger partial charge on any atom is -0.495 e. The number of benzene rings is 2. The molecule has 2 rings (SSSR count). The number of halogens is 1. The third kappa shape index (κ3) is 4.51. The van der Waals surface area contributed by atoms with Crippen LogP contribution in [0.5, 0.6) is 5.75 Å². The Kier molecular flexibility index (Phi) is 6.00. The highest BCUT2D eigenvalue weighted by Crippen LogP contribution is 2.27. The molecule has 124 valence electrons. The molecule has 0 fully saturated rings. The molecule has 25 heavy (non-hydrogen) atoms. The molecule has 0 aliphatic rings. The first-order valence-corrected chi connectivity index (χ1v) is 7.47. The van der Waals surface area contributed by atoms with Crippen molar-refractivity contribution >= 4 is 28.9 Å². The van der Waals surface area contributed by atoms with Crippen molar-refractivity contribution in [1.29, 1.82) is 10.5 Å². The van der Waals surface area contributed by atoms with E-state index < -0.39 is 5.91 Å². The molecule has 0 atom stereocenters. The molecule has 0 unspecified atom stereocenters. The van der Waals surface area contributed by atoms with E-state index in [1.165, 1.54) is 13.3 Å². The summed E-state index contributed by atoms with van der Waals surface area (Å²) in [6.07, 6.45) is 1.25. The number of hydrogen-bond donors (Lipinski definition) is 2. The van der Waals surface area contributed by atoms with Gasteiger partial charge in [-0.2, -0.15) is 10.5 Å². The summed E-state index contributed by atoms with van der Waals surface area (Å²) in [7, 11) is 1.49. The van der Waals surface area contributed by atoms with E-state index in [1.807, 2.05) is 12.1 Å². The van der Waals surface area contributed by atoms with E-state index in [9.17, 15) is 10.1 Å². The summed E-state index contributed by atoms with van der Waals surface area (Å²) in [4.78, 5) is 12.2. The van der Waals surface area contributed by atoms with Crippen molar-refractivity contribution in [2.75, 3.05) is 17.7 Å². The Morgan fingerprint density at radius 2 is 1.96 bits per heavy atom. The fraction of sp³-hybridized carbons (Fsp3) is 0.0556. The molecule has 0 saturated carbocycles. The number of carbonyl (C=O) groups excluding carboxylic acids is 1. The number of nitrogens with zero attached hydrogens (tertiary/aromatic N) is 2. The number of methoxy groups -OCH3 is 1. The number of nitriles is 2. The van der Waals surface area contributed by atoms with Gasteiger partial charge in [0.1, 0.15) is 23.5 Å². The topological polar surface area (TPSA) is 97.9 Å². The van der Waals surface area contributed by atoms with Gasteiger partial charge in [-0.25, -0.2) is 0 Å². The molecule has 0 aliphatic carbocycles. The Balaban J connectivity index is 2.21. The average Bonchev–Trinajstić information content (AvgIpc) is 2.63. The second-order valence-electron chi connectivity index (χ2n) is 4.77. The van der Waals surface area contributed by atoms with Crippen molar-refractivity contribution in [3.63, 3.8) is 0 Å². The van der Waals surface area contributed by atoms with Crippen LogP contribution in [0, 0.1) is 22.7 Å². The van der Waals surface area contributed by atoms with Gasteiger partial charge in [-0.05, 0) is 30.3 Å². The third-order valence-electron chi connectivity index (χ3n) is 3.19. The first-order chi connectivity index (χ1) is 12.1. The number of amides is 1. The molecule has 0 heterocycles. The smallest absolute Gasteiger partial charge is 0.267 e. The van der Waals surface area contributed by atoms with Crippen LogP contribution >= 0.6 is 11.6 Å². The van der Waals surface area contributed by atoms with Crippen LogP contribution in [0.3, 0.4) is 0 Å². The van der Waals surface area contributed by atoms with Gasteiger partial charge < -0.3 is 15.4 Å². The number of ether oxygens (including phenoxy) is 1. The Morgan fingerprint density at radius 1 is 1.20 bits per heavy atom. The lowest BCUT2D eigenvalue weighted by atomic mass is 10.2. The normalized spacial score (nSPS) is 10.3. The quantitative estimate of drug-likeness (QED) is 0.631. The van der Waals surface area contributed by atoms with Gasteiger partial charge in [0.2, 0.25) is 0 Å². The first kappa shape index (κ1) is 17.9. The molecule has 0 aromatic heterocycles. The molecular formula is C18H13ClN4O2. The molecule has 0 radical (unpaired) electrons. The SMILES string of the molecule is COc1ccc(Cl)cc1N/C=C(/C#N)C(=O)Nc1ccccc1C#N. The van der Waals surface area contributed by atoms with Crippen LogP contribution in [0.25, 0.3) is 0 Å². The summed E-state index contributed by atoms with van der Waals surface area (Å²) in [6, 6.07) is 15.2. The van der Waals surface area contributed by atoms with Crippen LogP contribution < -0.4 is 15.4 Å². The fourth-order valence-corrected chi connectivity index (χ4v) is 2.14. The highest BCUT2D eigenvalue weighted by atomic mass is 35.5. The first-order valence-electron chi connectivity index (χ1n) is 7.10. The predicted molar refractivity (Wildman–Crippen MR) is 95.1 cm³/mol. The molecule has 7 heteroatoms. The van der Waals surface area contributed by atoms with E-state index >= 15 is 0 Å². The zero-order valence-electron chi connectivity index (χ0n) is 13.2. The molecule has 2 aromatic rings. The lowest BCUT2D eigenvalue weighted by Gasteiger charge is -2.09. The lowest BCUT2D eigenvalue weighted by molar-refractivity contribution is -0.112. The second kappa shape index (κ2) is 8.39. The molecule has 0 bridgehead atoms. The van der Waals surface area contributed by atoms with Crippen molar-refractivity contribution in [2.45, 2.75) is 0 Å². The number of nitrogens with one attached hydrogen (secondary N) is 2. The van der Waals surface area contributed by atoms with Crippen LogP contribution in [0.2, 0.25) is 5.02 Å². The maximum absolute atomic E-state index is 12.2. The molecular weight excluding hydrogens is 340 g/mol. The Hall–Kier alpha value is -3.48. The number of para-hydroxylation sites is 1. The summed E-state index contributed by atoms with van der Waals surface area (Å²) in [5.74, 6) is -0.133. The zero-order valence-corrected chi connectivity index (χ0v) is 14.0. The zero-order chi connectivity index (χ0) is 18.2. The summed E-state index contributed by atoms with van der Waals surface area (Å²) in [5.41, 5.74) is 0.969. The number of anilines is 2. The standard InChI is InChI=1S/C18H13ClN4O2/c1-25-17-7-6-14(19)8-16(17)22-11-13(10-21)18(24)23-15-5-3-2-4-12(15)9-20/h2-8,11,22H,1H3,(H,23,24)/b13-11-. The maximum Gasteiger partial charge on any atom is 0.267 e. The molecule has 1 amide bonds. The molecule has 0 saturated heterocycles. The van der Waals surface area contributed by atoms with Gasteiger partial charge in [0.25, 0.3) is 5.91 Å². The van der Waals surface area contributed by atoms with Gasteiger partial charge >= 0.3 is 0 Å². The van der Waals surface area contributed by atoms with E-state index in [1.54, 1.807) is 42.5 Å². The van der Waals surface area contributed by atoms with Gasteiger partial charge in [-0.3, -0.25) is 4.79 Å². The van der Waals surface area contributed by atoms with Crippen LogP contribution in [-0.4, -0.2) is 13.0 Å². The Morgan fingerprint density at radius 3 is 2.64 bits per heavy atom. The average molecular weight is 353 g/mol. The number of rotatable bonds is 5. The van der Waals surface area contributed by atoms with Crippen molar-refractivity contribution in [3.05, 3.63) is 64.8 Å². The van der Waals surface area contributed by atoms with Gasteiger partial charge in [-0.15, -0.1) is 0 Å². The molecule has 2 N–H and O–H groups in total. The lowest BCUT2D eigenvalue weighted by Crippen LogP contribution is -2.15. The molecule has 2 aromatic carbocycles. The van der Waals surface area contributed by atoms with Crippen molar-refractivity contribution < 1.29 is 9.53 Å². The monoisotopic (exact) mass is 352 g/mol. The third-order valence-corrected chi connectivity index (χ3v) is 3.43. The predicted octanol–water partition coefficient (Wildman–Crippen LogP) is 3.68. The summed E-state index contributed by atoms with van der Waals surface area (Å²) in [5, 5.41) is 24.1. The molecule has 0 aliphatic heterocycles. The minimum atomic E-state index is -0.640. The van der Waals surface area contributed by atoms with E-state index in [0.717, 1.165) is 0 Å². The number of carbonyl (C=O) groups is 1. The van der Waals surface area contributed by atoms with Gasteiger partial charge in [-0.1, -0.05) is 23.7 Å². The van der Waals surface area contributed by atoms with Crippen molar-refractivity contribution in [3.8, 4) is 17.9 Å². The molecule has 6 nitrogen and oxygen atoms in total. The largest absolute Gasteiger partial charge is 0.495 e. The van der Waals surface area contributed by atoms with Crippen LogP contribution in [0.15, 0.2) is 54.2 Å². The highest BCUT2D eigenvalue weighted by Gasteiger charge is 2.12. The van der Waals surface area contributed by atoms with E-state index in [0.29, 0.717) is 27.7 Å². The fourth-order valence-electron chi connectivity index (χ4n) is 1.97. The second-order valence-corrected chi connectivity index (χ2v) is 5.21. The van der Waals surface area contributed by atoms with Crippen molar-refractivity contribution in [1.82, 2.24) is 0 Å². The van der Waals surface area contributed by atoms with Crippen LogP contribution in [-0.2, 0) is 4.79 Å². The Labute approximate surface area is 149 Å². The summed E-state index contributed by atoms with van der Waals surface area (Å²) >= 11 is 5.94. The van der Waals surface area contributed by atoms with Gasteiger partial charge in [0.15, 0.2) is 0 Å². The maximum atomic E-state index is 12.2. The van der Waals surface area contributed by atoms with Crippen molar-refractivity contribution in [2.24, 2.45) is 0 Å². The van der Waals surface area contributed by atoms with Crippen LogP contribution in [0.4, 0.5) is 11.4 Å². The Bertz CT molecular complexity index is 910. The van der Waals surface area contributed by atoms with Crippen LogP contribution in [0.1, 0.15) is 5.56 Å².